The van der Waals surface area contributed by atoms with Crippen LogP contribution in [0.2, 0.25) is 0 Å². The monoisotopic (exact) mass is 272 g/mol. The van der Waals surface area contributed by atoms with Crippen LogP contribution < -0.4 is 10.6 Å². The maximum Gasteiger partial charge on any atom is 0.127 e. The van der Waals surface area contributed by atoms with E-state index in [0.29, 0.717) is 0 Å². The first-order valence-electron chi connectivity index (χ1n) is 5.84. The molecule has 0 aliphatic rings. The zero-order valence-electron chi connectivity index (χ0n) is 11.6. The second-order valence-corrected chi connectivity index (χ2v) is 7.76. The van der Waals surface area contributed by atoms with Crippen molar-refractivity contribution in [1.29, 1.82) is 0 Å². The van der Waals surface area contributed by atoms with Gasteiger partial charge in [-0.3, -0.25) is 0 Å². The van der Waals surface area contributed by atoms with Crippen LogP contribution in [0.1, 0.15) is 52.7 Å². The van der Waals surface area contributed by atoms with Crippen LogP contribution in [-0.2, 0) is 10.8 Å². The SMILES string of the molecule is CC(C)(C)c1cc(F)c(C(C)(C)C)c(P)c1P. The quantitative estimate of drug-likeness (QED) is 0.635. The molecule has 0 nitrogen and oxygen atoms in total. The number of hydrogen-bond acceptors (Lipinski definition) is 0. The molecule has 2 unspecified atom stereocenters. The predicted octanol–water partition coefficient (Wildman–Crippen LogP) is 3.42. The Bertz CT molecular complexity index is 437. The van der Waals surface area contributed by atoms with Gasteiger partial charge in [0.1, 0.15) is 5.82 Å². The molecular weight excluding hydrogens is 249 g/mol. The zero-order chi connectivity index (χ0) is 13.6. The second-order valence-electron chi connectivity index (χ2n) is 6.61. The fourth-order valence-electron chi connectivity index (χ4n) is 2.07. The minimum absolute atomic E-state index is 0.0420. The Morgan fingerprint density at radius 2 is 1.35 bits per heavy atom. The molecule has 96 valence electrons. The van der Waals surface area contributed by atoms with E-state index in [1.54, 1.807) is 6.07 Å². The van der Waals surface area contributed by atoms with Gasteiger partial charge in [-0.1, -0.05) is 41.5 Å². The molecule has 0 heterocycles. The molecule has 3 heteroatoms. The molecule has 0 aliphatic carbocycles. The van der Waals surface area contributed by atoms with Crippen molar-refractivity contribution < 1.29 is 4.39 Å². The van der Waals surface area contributed by atoms with Gasteiger partial charge in [0.2, 0.25) is 0 Å². The van der Waals surface area contributed by atoms with Crippen LogP contribution >= 0.6 is 18.5 Å². The fraction of sp³-hybridized carbons (Fsp3) is 0.571. The third kappa shape index (κ3) is 3.07. The van der Waals surface area contributed by atoms with Crippen LogP contribution in [0.3, 0.4) is 0 Å². The summed E-state index contributed by atoms with van der Waals surface area (Å²) in [6.45, 7) is 12.4. The molecule has 0 saturated carbocycles. The minimum atomic E-state index is -0.178. The van der Waals surface area contributed by atoms with E-state index < -0.39 is 0 Å². The topological polar surface area (TPSA) is 0 Å². The highest BCUT2D eigenvalue weighted by atomic mass is 31.0. The average Bonchev–Trinajstić information content (AvgIpc) is 2.07. The molecule has 0 N–H and O–H groups in total. The average molecular weight is 272 g/mol. The first kappa shape index (κ1) is 15.1. The van der Waals surface area contributed by atoms with Gasteiger partial charge in [0.15, 0.2) is 0 Å². The Morgan fingerprint density at radius 3 is 1.71 bits per heavy atom. The molecule has 0 aliphatic heterocycles. The molecule has 1 aromatic rings. The van der Waals surface area contributed by atoms with Gasteiger partial charge in [-0.25, -0.2) is 4.39 Å². The first-order valence-corrected chi connectivity index (χ1v) is 7.00. The molecule has 0 fully saturated rings. The minimum Gasteiger partial charge on any atom is -0.207 e. The lowest BCUT2D eigenvalue weighted by atomic mass is 9.81. The highest BCUT2D eigenvalue weighted by Crippen LogP contribution is 2.29. The van der Waals surface area contributed by atoms with E-state index in [2.05, 4.69) is 39.3 Å². The van der Waals surface area contributed by atoms with E-state index in [9.17, 15) is 4.39 Å². The lowest BCUT2D eigenvalue weighted by Gasteiger charge is -2.28. The summed E-state index contributed by atoms with van der Waals surface area (Å²) in [6.07, 6.45) is 0. The van der Waals surface area contributed by atoms with Crippen LogP contribution in [0.4, 0.5) is 4.39 Å². The van der Waals surface area contributed by atoms with E-state index >= 15 is 0 Å². The van der Waals surface area contributed by atoms with Crippen molar-refractivity contribution in [3.05, 3.63) is 23.0 Å². The molecule has 0 spiro atoms. The van der Waals surface area contributed by atoms with Crippen molar-refractivity contribution in [2.24, 2.45) is 0 Å². The van der Waals surface area contributed by atoms with Gasteiger partial charge in [-0.05, 0) is 33.1 Å². The summed E-state index contributed by atoms with van der Waals surface area (Å²) >= 11 is 0. The maximum absolute atomic E-state index is 14.3. The molecule has 0 amide bonds. The Balaban J connectivity index is 3.60. The summed E-state index contributed by atoms with van der Waals surface area (Å²) in [5, 5.41) is 2.08. The Morgan fingerprint density at radius 1 is 0.882 bits per heavy atom. The van der Waals surface area contributed by atoms with Crippen molar-refractivity contribution in [2.75, 3.05) is 0 Å². The third-order valence-electron chi connectivity index (χ3n) is 2.92. The van der Waals surface area contributed by atoms with Crippen molar-refractivity contribution in [1.82, 2.24) is 0 Å². The van der Waals surface area contributed by atoms with Gasteiger partial charge in [0.25, 0.3) is 0 Å². The van der Waals surface area contributed by atoms with Crippen LogP contribution in [-0.4, -0.2) is 0 Å². The third-order valence-corrected chi connectivity index (χ3v) is 4.47. The summed E-state index contributed by atoms with van der Waals surface area (Å²) in [4.78, 5) is 0. The summed E-state index contributed by atoms with van der Waals surface area (Å²) < 4.78 is 14.3. The van der Waals surface area contributed by atoms with Gasteiger partial charge >= 0.3 is 0 Å². The number of halogens is 1. The van der Waals surface area contributed by atoms with Crippen LogP contribution in [0.5, 0.6) is 0 Å². The van der Waals surface area contributed by atoms with Crippen molar-refractivity contribution in [3.63, 3.8) is 0 Å². The molecule has 0 saturated heterocycles. The molecule has 2 atom stereocenters. The van der Waals surface area contributed by atoms with Crippen molar-refractivity contribution in [2.45, 2.75) is 52.4 Å². The Hall–Kier alpha value is 0.01000. The number of rotatable bonds is 0. The molecule has 0 radical (unpaired) electrons. The standard InChI is InChI=1S/C14H23FP2/c1-13(2,3)8-7-9(15)10(14(4,5)6)12(17)11(8)16/h7H,16-17H2,1-6H3. The van der Waals surface area contributed by atoms with Crippen molar-refractivity contribution in [3.8, 4) is 0 Å². The Kier molecular flexibility index (Phi) is 4.08. The van der Waals surface area contributed by atoms with Gasteiger partial charge in [-0.2, -0.15) is 0 Å². The highest BCUT2D eigenvalue weighted by molar-refractivity contribution is 7.36. The first-order chi connectivity index (χ1) is 7.46. The van der Waals surface area contributed by atoms with E-state index in [0.717, 1.165) is 21.7 Å². The second kappa shape index (κ2) is 4.60. The van der Waals surface area contributed by atoms with Crippen LogP contribution in [0, 0.1) is 5.82 Å². The largest absolute Gasteiger partial charge is 0.207 e. The van der Waals surface area contributed by atoms with Gasteiger partial charge in [0.05, 0.1) is 0 Å². The summed E-state index contributed by atoms with van der Waals surface area (Å²) in [7, 11) is 5.46. The van der Waals surface area contributed by atoms with Crippen LogP contribution in [0.25, 0.3) is 0 Å². The maximum atomic E-state index is 14.3. The van der Waals surface area contributed by atoms with Crippen molar-refractivity contribution >= 4 is 29.1 Å². The summed E-state index contributed by atoms with van der Waals surface area (Å²) in [5.41, 5.74) is 1.63. The fourth-order valence-corrected chi connectivity index (χ4v) is 3.45. The number of hydrogen-bond donors (Lipinski definition) is 0. The lowest BCUT2D eigenvalue weighted by molar-refractivity contribution is 0.519. The summed E-state index contributed by atoms with van der Waals surface area (Å²) in [6, 6.07) is 1.69. The summed E-state index contributed by atoms with van der Waals surface area (Å²) in [5.74, 6) is -0.0985. The molecule has 1 aromatic carbocycles. The predicted molar refractivity (Wildman–Crippen MR) is 82.5 cm³/mol. The smallest absolute Gasteiger partial charge is 0.127 e. The van der Waals surface area contributed by atoms with E-state index in [-0.39, 0.29) is 16.6 Å². The number of benzene rings is 1. The van der Waals surface area contributed by atoms with Gasteiger partial charge in [0, 0.05) is 5.56 Å². The Labute approximate surface area is 109 Å². The van der Waals surface area contributed by atoms with E-state index in [1.807, 2.05) is 20.8 Å². The van der Waals surface area contributed by atoms with E-state index in [4.69, 9.17) is 0 Å². The zero-order valence-corrected chi connectivity index (χ0v) is 13.9. The van der Waals surface area contributed by atoms with Gasteiger partial charge < -0.3 is 0 Å². The molecule has 17 heavy (non-hydrogen) atoms. The molecular formula is C14H23FP2. The lowest BCUT2D eigenvalue weighted by Crippen LogP contribution is -2.33. The molecule has 1 rings (SSSR count). The molecule has 0 aromatic heterocycles. The highest BCUT2D eigenvalue weighted by Gasteiger charge is 2.26. The molecule has 0 bridgehead atoms. The van der Waals surface area contributed by atoms with Crippen LogP contribution in [0.15, 0.2) is 6.07 Å². The van der Waals surface area contributed by atoms with Gasteiger partial charge in [-0.15, -0.1) is 18.5 Å². The normalized spacial score (nSPS) is 13.0. The van der Waals surface area contributed by atoms with E-state index in [1.165, 1.54) is 0 Å².